The lowest BCUT2D eigenvalue weighted by molar-refractivity contribution is 0.0731. The van der Waals surface area contributed by atoms with Gasteiger partial charge >= 0.3 is 0 Å². The van der Waals surface area contributed by atoms with Crippen LogP contribution in [0.1, 0.15) is 21.6 Å². The summed E-state index contributed by atoms with van der Waals surface area (Å²) in [5, 5.41) is 6.45. The Labute approximate surface area is 158 Å². The largest absolute Gasteiger partial charge is 0.332 e. The number of hydrogen-bond donors (Lipinski definition) is 1. The molecule has 6 nitrogen and oxygen atoms in total. The Hall–Kier alpha value is -2.51. The average Bonchev–Trinajstić information content (AvgIpc) is 3.19. The van der Waals surface area contributed by atoms with E-state index in [9.17, 15) is 9.18 Å². The molecule has 0 spiro atoms. The van der Waals surface area contributed by atoms with Crippen molar-refractivity contribution < 1.29 is 9.18 Å². The van der Waals surface area contributed by atoms with Crippen LogP contribution < -0.4 is 0 Å². The molecule has 1 aliphatic rings. The van der Waals surface area contributed by atoms with E-state index in [0.717, 1.165) is 22.6 Å². The Morgan fingerprint density at radius 2 is 2.08 bits per heavy atom. The van der Waals surface area contributed by atoms with Crippen LogP contribution in [0.4, 0.5) is 4.39 Å². The second kappa shape index (κ2) is 6.66. The third kappa shape index (κ3) is 2.83. The van der Waals surface area contributed by atoms with Gasteiger partial charge in [-0.05, 0) is 24.6 Å². The number of hydrogen-bond acceptors (Lipinski definition) is 4. The first-order valence-electron chi connectivity index (χ1n) is 7.81. The highest BCUT2D eigenvalue weighted by Gasteiger charge is 2.27. The zero-order chi connectivity index (χ0) is 18.3. The van der Waals surface area contributed by atoms with E-state index in [2.05, 4.69) is 20.2 Å². The highest BCUT2D eigenvalue weighted by molar-refractivity contribution is 6.37. The maximum atomic E-state index is 13.9. The van der Waals surface area contributed by atoms with Crippen molar-refractivity contribution in [2.45, 2.75) is 13.0 Å². The van der Waals surface area contributed by atoms with Crippen molar-refractivity contribution in [2.24, 2.45) is 0 Å². The predicted octanol–water partition coefficient (Wildman–Crippen LogP) is 3.51. The highest BCUT2D eigenvalue weighted by atomic mass is 35.5. The third-order valence-electron chi connectivity index (χ3n) is 4.32. The molecule has 132 valence electrons. The summed E-state index contributed by atoms with van der Waals surface area (Å²) in [7, 11) is 0. The number of aromatic amines is 1. The lowest BCUT2D eigenvalue weighted by Crippen LogP contribution is -2.37. The van der Waals surface area contributed by atoms with Gasteiger partial charge in [0.15, 0.2) is 5.82 Å². The molecule has 1 amide bonds. The highest BCUT2D eigenvalue weighted by Crippen LogP contribution is 2.30. The number of nitrogens with zero attached hydrogens (tertiary/aromatic N) is 4. The van der Waals surface area contributed by atoms with Crippen LogP contribution in [-0.4, -0.2) is 37.5 Å². The van der Waals surface area contributed by atoms with Crippen molar-refractivity contribution >= 4 is 29.1 Å². The topological polar surface area (TPSA) is 74.8 Å². The number of fused-ring (bicyclic) bond motifs is 1. The van der Waals surface area contributed by atoms with Crippen LogP contribution in [-0.2, 0) is 13.0 Å². The Bertz CT molecular complexity index is 993. The molecule has 4 rings (SSSR count). The second-order valence-corrected chi connectivity index (χ2v) is 6.60. The van der Waals surface area contributed by atoms with Crippen LogP contribution in [0.2, 0.25) is 10.0 Å². The molecular weight excluding hydrogens is 380 g/mol. The summed E-state index contributed by atoms with van der Waals surface area (Å²) in [6, 6.07) is 4.59. The molecule has 9 heteroatoms. The third-order valence-corrected chi connectivity index (χ3v) is 4.98. The van der Waals surface area contributed by atoms with Crippen molar-refractivity contribution in [2.75, 3.05) is 6.54 Å². The molecule has 0 saturated heterocycles. The van der Waals surface area contributed by atoms with Crippen LogP contribution in [0.25, 0.3) is 11.4 Å². The van der Waals surface area contributed by atoms with Crippen molar-refractivity contribution in [3.8, 4) is 11.4 Å². The number of amides is 1. The van der Waals surface area contributed by atoms with Crippen LogP contribution in [0.15, 0.2) is 30.7 Å². The molecule has 0 fully saturated rings. The molecule has 3 aromatic rings. The second-order valence-electron chi connectivity index (χ2n) is 5.82. The Morgan fingerprint density at radius 1 is 1.23 bits per heavy atom. The van der Waals surface area contributed by atoms with Crippen LogP contribution >= 0.6 is 23.2 Å². The standard InChI is InChI=1S/C17H12Cl2FN5O/c18-11-2-1-10(14(19)15(11)20)17(26)25-6-4-9-13(7-25)21-8-22-16(9)12-3-5-23-24-12/h1-3,5,8H,4,6-7H2,(H,23,24). The first kappa shape index (κ1) is 16.9. The number of aromatic nitrogens is 4. The summed E-state index contributed by atoms with van der Waals surface area (Å²) >= 11 is 11.7. The smallest absolute Gasteiger partial charge is 0.255 e. The van der Waals surface area contributed by atoms with Gasteiger partial charge in [0.2, 0.25) is 0 Å². The fraction of sp³-hybridized carbons (Fsp3) is 0.176. The predicted molar refractivity (Wildman–Crippen MR) is 94.5 cm³/mol. The molecule has 0 unspecified atom stereocenters. The molecule has 26 heavy (non-hydrogen) atoms. The van der Waals surface area contributed by atoms with Gasteiger partial charge in [-0.3, -0.25) is 9.89 Å². The van der Waals surface area contributed by atoms with Gasteiger partial charge < -0.3 is 4.90 Å². The van der Waals surface area contributed by atoms with Gasteiger partial charge in [0, 0.05) is 18.3 Å². The Balaban J connectivity index is 1.64. The zero-order valence-corrected chi connectivity index (χ0v) is 14.9. The number of carbonyl (C=O) groups is 1. The lowest BCUT2D eigenvalue weighted by atomic mass is 10.0. The minimum Gasteiger partial charge on any atom is -0.332 e. The fourth-order valence-corrected chi connectivity index (χ4v) is 3.46. The van der Waals surface area contributed by atoms with Crippen LogP contribution in [0, 0.1) is 5.82 Å². The van der Waals surface area contributed by atoms with E-state index in [1.165, 1.54) is 18.5 Å². The number of carbonyl (C=O) groups excluding carboxylic acids is 1. The molecule has 0 atom stereocenters. The minimum atomic E-state index is -0.791. The molecule has 2 aromatic heterocycles. The molecular formula is C17H12Cl2FN5O. The van der Waals surface area contributed by atoms with Crippen molar-refractivity contribution in [3.63, 3.8) is 0 Å². The SMILES string of the molecule is O=C(c1ccc(Cl)c(F)c1Cl)N1CCc2c(ncnc2-c2ccn[nH]2)C1. The quantitative estimate of drug-likeness (QED) is 0.678. The summed E-state index contributed by atoms with van der Waals surface area (Å²) in [5.41, 5.74) is 3.37. The number of H-pyrrole nitrogens is 1. The minimum absolute atomic E-state index is 0.0832. The summed E-state index contributed by atoms with van der Waals surface area (Å²) in [4.78, 5) is 23.0. The fourth-order valence-electron chi connectivity index (χ4n) is 3.01. The maximum Gasteiger partial charge on any atom is 0.255 e. The van der Waals surface area contributed by atoms with E-state index in [4.69, 9.17) is 23.2 Å². The molecule has 1 aliphatic heterocycles. The monoisotopic (exact) mass is 391 g/mol. The summed E-state index contributed by atoms with van der Waals surface area (Å²) in [5.74, 6) is -1.15. The van der Waals surface area contributed by atoms with E-state index in [1.54, 1.807) is 11.1 Å². The van der Waals surface area contributed by atoms with Gasteiger partial charge in [-0.1, -0.05) is 23.2 Å². The first-order chi connectivity index (χ1) is 12.6. The first-order valence-corrected chi connectivity index (χ1v) is 8.57. The lowest BCUT2D eigenvalue weighted by Gasteiger charge is -2.29. The number of rotatable bonds is 2. The van der Waals surface area contributed by atoms with E-state index in [1.807, 2.05) is 6.07 Å². The molecule has 0 radical (unpaired) electrons. The molecule has 1 aromatic carbocycles. The number of halogens is 3. The van der Waals surface area contributed by atoms with Crippen molar-refractivity contribution in [1.82, 2.24) is 25.1 Å². The van der Waals surface area contributed by atoms with E-state index in [-0.39, 0.29) is 21.5 Å². The van der Waals surface area contributed by atoms with Crippen molar-refractivity contribution in [1.29, 1.82) is 0 Å². The van der Waals surface area contributed by atoms with Gasteiger partial charge in [0.05, 0.1) is 39.2 Å². The number of benzene rings is 1. The van der Waals surface area contributed by atoms with E-state index < -0.39 is 5.82 Å². The molecule has 0 saturated carbocycles. The van der Waals surface area contributed by atoms with E-state index >= 15 is 0 Å². The average molecular weight is 392 g/mol. The molecule has 0 bridgehead atoms. The van der Waals surface area contributed by atoms with Crippen LogP contribution in [0.3, 0.4) is 0 Å². The summed E-state index contributed by atoms with van der Waals surface area (Å²) in [6.07, 6.45) is 3.68. The van der Waals surface area contributed by atoms with Gasteiger partial charge in [0.25, 0.3) is 5.91 Å². The molecule has 1 N–H and O–H groups in total. The van der Waals surface area contributed by atoms with E-state index in [0.29, 0.717) is 19.5 Å². The summed E-state index contributed by atoms with van der Waals surface area (Å²) in [6.45, 7) is 0.735. The van der Waals surface area contributed by atoms with Gasteiger partial charge in [-0.2, -0.15) is 5.10 Å². The van der Waals surface area contributed by atoms with Gasteiger partial charge in [0.1, 0.15) is 6.33 Å². The maximum absolute atomic E-state index is 13.9. The number of nitrogens with one attached hydrogen (secondary N) is 1. The van der Waals surface area contributed by atoms with Crippen LogP contribution in [0.5, 0.6) is 0 Å². The Morgan fingerprint density at radius 3 is 2.85 bits per heavy atom. The normalized spacial score (nSPS) is 13.6. The zero-order valence-electron chi connectivity index (χ0n) is 13.3. The summed E-state index contributed by atoms with van der Waals surface area (Å²) < 4.78 is 13.9. The van der Waals surface area contributed by atoms with Gasteiger partial charge in [-0.25, -0.2) is 14.4 Å². The van der Waals surface area contributed by atoms with Gasteiger partial charge in [-0.15, -0.1) is 0 Å². The Kier molecular flexibility index (Phi) is 4.34. The van der Waals surface area contributed by atoms with Crippen molar-refractivity contribution in [3.05, 3.63) is 63.4 Å². The molecule has 0 aliphatic carbocycles. The molecule has 3 heterocycles.